The highest BCUT2D eigenvalue weighted by atomic mass is 19.1. The van der Waals surface area contributed by atoms with Crippen LogP contribution in [0.5, 0.6) is 0 Å². The fourth-order valence-corrected chi connectivity index (χ4v) is 5.33. The van der Waals surface area contributed by atoms with E-state index in [9.17, 15) is 4.39 Å². The van der Waals surface area contributed by atoms with Crippen LogP contribution in [0.15, 0.2) is 24.3 Å². The first-order valence-corrected chi connectivity index (χ1v) is 8.20. The minimum absolute atomic E-state index is 0.143. The van der Waals surface area contributed by atoms with Gasteiger partial charge in [-0.1, -0.05) is 12.1 Å². The summed E-state index contributed by atoms with van der Waals surface area (Å²) in [4.78, 5) is 0. The first kappa shape index (κ1) is 12.8. The lowest BCUT2D eigenvalue weighted by atomic mass is 9.54. The van der Waals surface area contributed by atoms with E-state index in [-0.39, 0.29) is 5.82 Å². The molecule has 108 valence electrons. The quantitative estimate of drug-likeness (QED) is 0.865. The molecule has 1 N–H and O–H groups in total. The Hall–Kier alpha value is -0.890. The van der Waals surface area contributed by atoms with Crippen molar-refractivity contribution in [3.05, 3.63) is 35.6 Å². The van der Waals surface area contributed by atoms with Gasteiger partial charge in [-0.15, -0.1) is 0 Å². The van der Waals surface area contributed by atoms with Crippen LogP contribution in [0.3, 0.4) is 0 Å². The van der Waals surface area contributed by atoms with Crippen LogP contribution in [0.25, 0.3) is 0 Å². The van der Waals surface area contributed by atoms with Crippen LogP contribution in [0, 0.1) is 29.5 Å². The Morgan fingerprint density at radius 1 is 0.950 bits per heavy atom. The lowest BCUT2D eigenvalue weighted by Crippen LogP contribution is -2.54. The largest absolute Gasteiger partial charge is 0.307 e. The Kier molecular flexibility index (Phi) is 3.10. The van der Waals surface area contributed by atoms with Crippen molar-refractivity contribution in [3.63, 3.8) is 0 Å². The number of benzene rings is 1. The van der Waals surface area contributed by atoms with E-state index in [0.717, 1.165) is 23.7 Å². The van der Waals surface area contributed by atoms with E-state index in [1.54, 1.807) is 12.1 Å². The molecule has 4 saturated carbocycles. The molecule has 0 aliphatic heterocycles. The zero-order valence-corrected chi connectivity index (χ0v) is 12.2. The minimum Gasteiger partial charge on any atom is -0.307 e. The number of rotatable bonds is 3. The van der Waals surface area contributed by atoms with Crippen LogP contribution in [-0.4, -0.2) is 6.04 Å². The molecule has 4 bridgehead atoms. The molecule has 0 heterocycles. The Labute approximate surface area is 121 Å². The molecular formula is C18H24FN. The summed E-state index contributed by atoms with van der Waals surface area (Å²) in [5, 5.41) is 3.88. The van der Waals surface area contributed by atoms with Gasteiger partial charge in [0, 0.05) is 12.1 Å². The Morgan fingerprint density at radius 3 is 2.05 bits per heavy atom. The second-order valence-electron chi connectivity index (χ2n) is 7.40. The summed E-state index contributed by atoms with van der Waals surface area (Å²) < 4.78 is 13.0. The van der Waals surface area contributed by atoms with Crippen LogP contribution in [0.1, 0.15) is 50.6 Å². The van der Waals surface area contributed by atoms with Gasteiger partial charge < -0.3 is 5.32 Å². The molecule has 0 saturated heterocycles. The van der Waals surface area contributed by atoms with E-state index < -0.39 is 0 Å². The summed E-state index contributed by atoms with van der Waals surface area (Å²) >= 11 is 0. The fraction of sp³-hybridized carbons (Fsp3) is 0.667. The van der Waals surface area contributed by atoms with Gasteiger partial charge in [-0.2, -0.15) is 0 Å². The first-order chi connectivity index (χ1) is 9.69. The zero-order chi connectivity index (χ0) is 13.7. The monoisotopic (exact) mass is 273 g/mol. The van der Waals surface area contributed by atoms with Crippen molar-refractivity contribution in [3.8, 4) is 0 Å². The second kappa shape index (κ2) is 4.84. The maximum atomic E-state index is 13.0. The summed E-state index contributed by atoms with van der Waals surface area (Å²) in [6.45, 7) is 2.22. The molecule has 1 nitrogen and oxygen atoms in total. The predicted octanol–water partition coefficient (Wildman–Crippen LogP) is 4.30. The van der Waals surface area contributed by atoms with Crippen molar-refractivity contribution in [1.82, 2.24) is 5.32 Å². The maximum absolute atomic E-state index is 13.0. The van der Waals surface area contributed by atoms with Gasteiger partial charge in [0.25, 0.3) is 0 Å². The standard InChI is InChI=1S/C18H24FN/c1-11(14-2-4-17(19)5-3-14)20-18-15-7-12-6-13(9-15)10-16(18)8-12/h2-5,11-13,15-16,18,20H,6-10H2,1H3. The SMILES string of the molecule is CC(NC1C2CC3CC(C2)CC1C3)c1ccc(F)cc1. The van der Waals surface area contributed by atoms with Crippen LogP contribution >= 0.6 is 0 Å². The molecule has 1 aromatic rings. The van der Waals surface area contributed by atoms with Gasteiger partial charge in [0.2, 0.25) is 0 Å². The van der Waals surface area contributed by atoms with Gasteiger partial charge in [-0.05, 0) is 80.4 Å². The third kappa shape index (κ3) is 2.18. The van der Waals surface area contributed by atoms with Crippen LogP contribution in [0.2, 0.25) is 0 Å². The normalized spacial score (nSPS) is 40.0. The molecule has 0 aromatic heterocycles. The highest BCUT2D eigenvalue weighted by Crippen LogP contribution is 2.54. The first-order valence-electron chi connectivity index (χ1n) is 8.20. The lowest BCUT2D eigenvalue weighted by Gasteiger charge is -2.55. The van der Waals surface area contributed by atoms with Gasteiger partial charge >= 0.3 is 0 Å². The van der Waals surface area contributed by atoms with E-state index in [1.165, 1.54) is 37.7 Å². The van der Waals surface area contributed by atoms with E-state index in [0.29, 0.717) is 12.1 Å². The van der Waals surface area contributed by atoms with E-state index in [4.69, 9.17) is 0 Å². The molecule has 20 heavy (non-hydrogen) atoms. The molecule has 4 aliphatic rings. The van der Waals surface area contributed by atoms with E-state index in [1.807, 2.05) is 12.1 Å². The topological polar surface area (TPSA) is 12.0 Å². The van der Waals surface area contributed by atoms with Gasteiger partial charge in [0.05, 0.1) is 0 Å². The average molecular weight is 273 g/mol. The highest BCUT2D eigenvalue weighted by molar-refractivity contribution is 5.20. The molecular weight excluding hydrogens is 249 g/mol. The summed E-state index contributed by atoms with van der Waals surface area (Å²) in [6.07, 6.45) is 7.29. The van der Waals surface area contributed by atoms with E-state index in [2.05, 4.69) is 12.2 Å². The van der Waals surface area contributed by atoms with Crippen molar-refractivity contribution < 1.29 is 4.39 Å². The van der Waals surface area contributed by atoms with Crippen molar-refractivity contribution in [2.45, 2.75) is 51.1 Å². The third-order valence-corrected chi connectivity index (χ3v) is 6.04. The van der Waals surface area contributed by atoms with Crippen molar-refractivity contribution in [1.29, 1.82) is 0 Å². The molecule has 4 fully saturated rings. The number of hydrogen-bond donors (Lipinski definition) is 1. The van der Waals surface area contributed by atoms with Gasteiger partial charge in [0.15, 0.2) is 0 Å². The summed E-state index contributed by atoms with van der Waals surface area (Å²) in [7, 11) is 0. The molecule has 5 rings (SSSR count). The van der Waals surface area contributed by atoms with Gasteiger partial charge in [0.1, 0.15) is 5.82 Å². The molecule has 0 spiro atoms. The van der Waals surface area contributed by atoms with Crippen LogP contribution in [-0.2, 0) is 0 Å². The van der Waals surface area contributed by atoms with Gasteiger partial charge in [-0.25, -0.2) is 4.39 Å². The minimum atomic E-state index is -0.143. The number of nitrogens with one attached hydrogen (secondary N) is 1. The number of hydrogen-bond acceptors (Lipinski definition) is 1. The molecule has 0 amide bonds. The van der Waals surface area contributed by atoms with Crippen LogP contribution < -0.4 is 5.32 Å². The van der Waals surface area contributed by atoms with E-state index >= 15 is 0 Å². The molecule has 0 radical (unpaired) electrons. The highest BCUT2D eigenvalue weighted by Gasteiger charge is 2.48. The molecule has 1 atom stereocenters. The molecule has 4 aliphatic carbocycles. The molecule has 2 heteroatoms. The Balaban J connectivity index is 1.47. The predicted molar refractivity (Wildman–Crippen MR) is 78.8 cm³/mol. The Morgan fingerprint density at radius 2 is 1.50 bits per heavy atom. The zero-order valence-electron chi connectivity index (χ0n) is 12.2. The second-order valence-corrected chi connectivity index (χ2v) is 7.40. The summed E-state index contributed by atoms with van der Waals surface area (Å²) in [5.41, 5.74) is 1.21. The molecule has 1 aromatic carbocycles. The third-order valence-electron chi connectivity index (χ3n) is 6.04. The van der Waals surface area contributed by atoms with Gasteiger partial charge in [-0.3, -0.25) is 0 Å². The lowest BCUT2D eigenvalue weighted by molar-refractivity contribution is -0.0171. The maximum Gasteiger partial charge on any atom is 0.123 e. The molecule has 1 unspecified atom stereocenters. The Bertz CT molecular complexity index is 453. The summed E-state index contributed by atoms with van der Waals surface area (Å²) in [6, 6.07) is 8.02. The summed E-state index contributed by atoms with van der Waals surface area (Å²) in [5.74, 6) is 3.70. The van der Waals surface area contributed by atoms with Crippen molar-refractivity contribution in [2.75, 3.05) is 0 Å². The number of halogens is 1. The smallest absolute Gasteiger partial charge is 0.123 e. The van der Waals surface area contributed by atoms with Crippen molar-refractivity contribution >= 4 is 0 Å². The average Bonchev–Trinajstić information content (AvgIpc) is 2.42. The fourth-order valence-electron chi connectivity index (χ4n) is 5.33. The van der Waals surface area contributed by atoms with Crippen molar-refractivity contribution in [2.24, 2.45) is 23.7 Å². The van der Waals surface area contributed by atoms with Crippen LogP contribution in [0.4, 0.5) is 4.39 Å².